The van der Waals surface area contributed by atoms with Crippen LogP contribution in [-0.2, 0) is 11.2 Å². The molecule has 0 radical (unpaired) electrons. The molecule has 0 bridgehead atoms. The van der Waals surface area contributed by atoms with Crippen molar-refractivity contribution < 1.29 is 14.0 Å². The largest absolute Gasteiger partial charge is 0.411 e. The van der Waals surface area contributed by atoms with Gasteiger partial charge in [-0.15, -0.1) is 10.2 Å². The Hall–Kier alpha value is -2.93. The van der Waals surface area contributed by atoms with Crippen molar-refractivity contribution >= 4 is 29.1 Å². The SMILES string of the molecule is Cc1ccc(-c2nnc(SCC(=O)c3ccc4c(c3)CC(=O)N4C)o2)cc1. The lowest BCUT2D eigenvalue weighted by molar-refractivity contribution is -0.117. The van der Waals surface area contributed by atoms with Crippen LogP contribution in [-0.4, -0.2) is 34.7 Å². The third-order valence-electron chi connectivity index (χ3n) is 4.51. The van der Waals surface area contributed by atoms with E-state index in [-0.39, 0.29) is 17.4 Å². The number of fused-ring (bicyclic) bond motifs is 1. The highest BCUT2D eigenvalue weighted by atomic mass is 32.2. The Balaban J connectivity index is 1.42. The van der Waals surface area contributed by atoms with Crippen LogP contribution in [0.25, 0.3) is 11.5 Å². The molecule has 0 unspecified atom stereocenters. The van der Waals surface area contributed by atoms with E-state index >= 15 is 0 Å². The lowest BCUT2D eigenvalue weighted by atomic mass is 10.1. The van der Waals surface area contributed by atoms with Crippen LogP contribution in [0.5, 0.6) is 0 Å². The third kappa shape index (κ3) is 3.50. The number of anilines is 1. The number of thioether (sulfide) groups is 1. The molecule has 0 atom stereocenters. The fourth-order valence-electron chi connectivity index (χ4n) is 2.94. The van der Waals surface area contributed by atoms with Crippen molar-refractivity contribution in [2.45, 2.75) is 18.6 Å². The first-order chi connectivity index (χ1) is 13.0. The van der Waals surface area contributed by atoms with Crippen LogP contribution in [0.1, 0.15) is 21.5 Å². The molecule has 0 saturated heterocycles. The van der Waals surface area contributed by atoms with Gasteiger partial charge in [0.25, 0.3) is 5.22 Å². The van der Waals surface area contributed by atoms with Crippen molar-refractivity contribution in [1.29, 1.82) is 0 Å². The van der Waals surface area contributed by atoms with Crippen molar-refractivity contribution in [1.82, 2.24) is 10.2 Å². The summed E-state index contributed by atoms with van der Waals surface area (Å²) in [6, 6.07) is 13.2. The Labute approximate surface area is 160 Å². The third-order valence-corrected chi connectivity index (χ3v) is 5.33. The molecule has 0 N–H and O–H groups in total. The molecular weight excluding hydrogens is 362 g/mol. The molecule has 3 aromatic rings. The van der Waals surface area contributed by atoms with E-state index in [1.165, 1.54) is 11.8 Å². The standard InChI is InChI=1S/C20H17N3O3S/c1-12-3-5-13(6-4-12)19-21-22-20(26-19)27-11-17(24)14-7-8-16-15(9-14)10-18(25)23(16)2/h3-9H,10-11H2,1-2H3. The summed E-state index contributed by atoms with van der Waals surface area (Å²) in [6.45, 7) is 2.01. The number of carbonyl (C=O) groups is 2. The molecule has 27 heavy (non-hydrogen) atoms. The van der Waals surface area contributed by atoms with Gasteiger partial charge < -0.3 is 9.32 Å². The predicted molar refractivity (Wildman–Crippen MR) is 103 cm³/mol. The quantitative estimate of drug-likeness (QED) is 0.498. The van der Waals surface area contributed by atoms with Gasteiger partial charge in [-0.2, -0.15) is 0 Å². The minimum atomic E-state index is -0.0418. The van der Waals surface area contributed by atoms with Crippen LogP contribution in [0.4, 0.5) is 5.69 Å². The Kier molecular flexibility index (Phi) is 4.53. The number of hydrogen-bond acceptors (Lipinski definition) is 6. The topological polar surface area (TPSA) is 76.3 Å². The molecule has 4 rings (SSSR count). The summed E-state index contributed by atoms with van der Waals surface area (Å²) in [5, 5.41) is 8.40. The zero-order valence-corrected chi connectivity index (χ0v) is 15.7. The summed E-state index contributed by atoms with van der Waals surface area (Å²) in [7, 11) is 1.74. The average molecular weight is 379 g/mol. The number of benzene rings is 2. The number of Topliss-reactive ketones (excluding diaryl/α,β-unsaturated/α-hetero) is 1. The summed E-state index contributed by atoms with van der Waals surface area (Å²) in [6.07, 6.45) is 0.337. The number of carbonyl (C=O) groups excluding carboxylic acids is 2. The first-order valence-electron chi connectivity index (χ1n) is 8.47. The van der Waals surface area contributed by atoms with Gasteiger partial charge in [-0.3, -0.25) is 9.59 Å². The monoisotopic (exact) mass is 379 g/mol. The Morgan fingerprint density at radius 3 is 2.74 bits per heavy atom. The Morgan fingerprint density at radius 1 is 1.19 bits per heavy atom. The maximum atomic E-state index is 12.5. The van der Waals surface area contributed by atoms with Crippen molar-refractivity contribution in [2.24, 2.45) is 0 Å². The van der Waals surface area contributed by atoms with Gasteiger partial charge in [0.15, 0.2) is 5.78 Å². The molecule has 0 spiro atoms. The van der Waals surface area contributed by atoms with Gasteiger partial charge in [-0.25, -0.2) is 0 Å². The molecule has 2 aromatic carbocycles. The Morgan fingerprint density at radius 2 is 1.96 bits per heavy atom. The number of aryl methyl sites for hydroxylation is 1. The molecule has 6 nitrogen and oxygen atoms in total. The zero-order valence-electron chi connectivity index (χ0n) is 14.9. The lowest BCUT2D eigenvalue weighted by Crippen LogP contribution is -2.20. The molecule has 1 amide bonds. The second-order valence-electron chi connectivity index (χ2n) is 6.42. The number of hydrogen-bond donors (Lipinski definition) is 0. The molecule has 136 valence electrons. The van der Waals surface area contributed by atoms with Gasteiger partial charge in [0, 0.05) is 23.9 Å². The van der Waals surface area contributed by atoms with Crippen LogP contribution < -0.4 is 4.90 Å². The van der Waals surface area contributed by atoms with Crippen LogP contribution in [0.2, 0.25) is 0 Å². The van der Waals surface area contributed by atoms with Gasteiger partial charge >= 0.3 is 0 Å². The van der Waals surface area contributed by atoms with E-state index in [0.29, 0.717) is 23.1 Å². The highest BCUT2D eigenvalue weighted by Gasteiger charge is 2.24. The molecular formula is C20H17N3O3S. The number of likely N-dealkylation sites (N-methyl/N-ethyl adjacent to an activating group) is 1. The van der Waals surface area contributed by atoms with Gasteiger partial charge in [0.2, 0.25) is 11.8 Å². The minimum absolute atomic E-state index is 0.0402. The summed E-state index contributed by atoms with van der Waals surface area (Å²) < 4.78 is 5.64. The van der Waals surface area contributed by atoms with Crippen molar-refractivity contribution in [3.63, 3.8) is 0 Å². The molecule has 0 saturated carbocycles. The summed E-state index contributed by atoms with van der Waals surface area (Å²) >= 11 is 1.21. The maximum absolute atomic E-state index is 12.5. The van der Waals surface area contributed by atoms with Crippen LogP contribution >= 0.6 is 11.8 Å². The number of aromatic nitrogens is 2. The van der Waals surface area contributed by atoms with E-state index in [0.717, 1.165) is 22.4 Å². The Bertz CT molecular complexity index is 1030. The number of nitrogens with zero attached hydrogens (tertiary/aromatic N) is 3. The molecule has 1 aliphatic heterocycles. The molecule has 0 fully saturated rings. The van der Waals surface area contributed by atoms with Crippen molar-refractivity contribution in [3.8, 4) is 11.5 Å². The first kappa shape index (κ1) is 17.5. The van der Waals surface area contributed by atoms with Crippen molar-refractivity contribution in [3.05, 3.63) is 59.2 Å². The second-order valence-corrected chi connectivity index (χ2v) is 7.35. The minimum Gasteiger partial charge on any atom is -0.411 e. The molecule has 1 aliphatic rings. The fourth-order valence-corrected chi connectivity index (χ4v) is 3.59. The second kappa shape index (κ2) is 7.00. The first-order valence-corrected chi connectivity index (χ1v) is 9.46. The predicted octanol–water partition coefficient (Wildman–Crippen LogP) is 3.54. The summed E-state index contributed by atoms with van der Waals surface area (Å²) in [4.78, 5) is 25.9. The van der Waals surface area contributed by atoms with E-state index < -0.39 is 0 Å². The van der Waals surface area contributed by atoms with E-state index in [9.17, 15) is 9.59 Å². The summed E-state index contributed by atoms with van der Waals surface area (Å²) in [5.74, 6) is 0.625. The van der Waals surface area contributed by atoms with Crippen LogP contribution in [0.3, 0.4) is 0 Å². The van der Waals surface area contributed by atoms with Crippen LogP contribution in [0.15, 0.2) is 52.1 Å². The van der Waals surface area contributed by atoms with Gasteiger partial charge in [0.1, 0.15) is 0 Å². The molecule has 1 aromatic heterocycles. The van der Waals surface area contributed by atoms with E-state index in [1.807, 2.05) is 37.3 Å². The van der Waals surface area contributed by atoms with E-state index in [1.54, 1.807) is 24.1 Å². The molecule has 0 aliphatic carbocycles. The fraction of sp³-hybridized carbons (Fsp3) is 0.200. The van der Waals surface area contributed by atoms with Gasteiger partial charge in [-0.1, -0.05) is 29.5 Å². The molecule has 7 heteroatoms. The van der Waals surface area contributed by atoms with Crippen molar-refractivity contribution in [2.75, 3.05) is 17.7 Å². The van der Waals surface area contributed by atoms with Gasteiger partial charge in [-0.05, 0) is 42.8 Å². The summed E-state index contributed by atoms with van der Waals surface area (Å²) in [5.41, 5.74) is 4.34. The van der Waals surface area contributed by atoms with Crippen LogP contribution in [0, 0.1) is 6.92 Å². The average Bonchev–Trinajstić information content (AvgIpc) is 3.25. The number of amides is 1. The van der Waals surface area contributed by atoms with E-state index in [4.69, 9.17) is 4.42 Å². The number of ketones is 1. The maximum Gasteiger partial charge on any atom is 0.277 e. The highest BCUT2D eigenvalue weighted by Crippen LogP contribution is 2.29. The smallest absolute Gasteiger partial charge is 0.277 e. The lowest BCUT2D eigenvalue weighted by Gasteiger charge is -2.10. The normalized spacial score (nSPS) is 13.1. The van der Waals surface area contributed by atoms with E-state index in [2.05, 4.69) is 10.2 Å². The zero-order chi connectivity index (χ0) is 19.0. The number of rotatable bonds is 5. The van der Waals surface area contributed by atoms with Gasteiger partial charge in [0.05, 0.1) is 12.2 Å². The highest BCUT2D eigenvalue weighted by molar-refractivity contribution is 7.99. The molecule has 2 heterocycles.